The summed E-state index contributed by atoms with van der Waals surface area (Å²) in [5.74, 6) is -0.150. The average Bonchev–Trinajstić information content (AvgIpc) is 2.65. The molecule has 0 radical (unpaired) electrons. The summed E-state index contributed by atoms with van der Waals surface area (Å²) in [4.78, 5) is 6.66. The fourth-order valence-corrected chi connectivity index (χ4v) is 3.16. The summed E-state index contributed by atoms with van der Waals surface area (Å²) >= 11 is 0. The normalized spacial score (nSPS) is 16.0. The largest absolute Gasteiger partial charge is 0.574 e. The van der Waals surface area contributed by atoms with Gasteiger partial charge in [-0.25, -0.2) is 4.98 Å². The standard InChI is InChI=1S/C18H27F3N2O.C4H10/c1-4-5-10-23-11-8-14(9-12-23)16-7-6-15(13(2)3)17(22-16)24-18(19,20)21;1-3-4-2/h6-7,13-14H,4-5,8-12H2,1-3H3;3-4H2,1-2H3. The summed E-state index contributed by atoms with van der Waals surface area (Å²) in [7, 11) is 0. The Bertz CT molecular complexity index is 551. The second-order valence-electron chi connectivity index (χ2n) is 7.80. The first-order valence-electron chi connectivity index (χ1n) is 10.7. The van der Waals surface area contributed by atoms with Crippen LogP contribution in [0.25, 0.3) is 0 Å². The van der Waals surface area contributed by atoms with E-state index in [2.05, 4.69) is 35.4 Å². The topological polar surface area (TPSA) is 25.4 Å². The monoisotopic (exact) mass is 402 g/mol. The first-order chi connectivity index (χ1) is 13.2. The highest BCUT2D eigenvalue weighted by atomic mass is 19.4. The maximum absolute atomic E-state index is 12.7. The van der Waals surface area contributed by atoms with Gasteiger partial charge in [0.25, 0.3) is 0 Å². The zero-order valence-electron chi connectivity index (χ0n) is 18.1. The van der Waals surface area contributed by atoms with Crippen molar-refractivity contribution in [2.45, 2.75) is 91.3 Å². The molecule has 1 aliphatic heterocycles. The van der Waals surface area contributed by atoms with Gasteiger partial charge in [0.05, 0.1) is 0 Å². The van der Waals surface area contributed by atoms with Gasteiger partial charge in [-0.15, -0.1) is 13.2 Å². The minimum Gasteiger partial charge on any atom is -0.388 e. The van der Waals surface area contributed by atoms with E-state index in [0.717, 1.165) is 32.5 Å². The molecule has 0 aliphatic carbocycles. The van der Waals surface area contributed by atoms with E-state index in [-0.39, 0.29) is 17.7 Å². The highest BCUT2D eigenvalue weighted by Gasteiger charge is 2.34. The zero-order valence-corrected chi connectivity index (χ0v) is 18.1. The highest BCUT2D eigenvalue weighted by Crippen LogP contribution is 2.33. The van der Waals surface area contributed by atoms with Crippen molar-refractivity contribution in [2.75, 3.05) is 19.6 Å². The number of halogens is 3. The van der Waals surface area contributed by atoms with E-state index < -0.39 is 6.36 Å². The van der Waals surface area contributed by atoms with Gasteiger partial charge in [0.15, 0.2) is 0 Å². The second kappa shape index (κ2) is 12.3. The van der Waals surface area contributed by atoms with E-state index in [4.69, 9.17) is 0 Å². The molecule has 1 fully saturated rings. The Hall–Kier alpha value is -1.30. The minimum atomic E-state index is -4.71. The summed E-state index contributed by atoms with van der Waals surface area (Å²) < 4.78 is 42.2. The van der Waals surface area contributed by atoms with Crippen LogP contribution in [0.4, 0.5) is 13.2 Å². The Morgan fingerprint density at radius 2 is 1.68 bits per heavy atom. The van der Waals surface area contributed by atoms with Crippen molar-refractivity contribution in [1.29, 1.82) is 0 Å². The third-order valence-corrected chi connectivity index (χ3v) is 5.08. The Labute approximate surface area is 168 Å². The maximum atomic E-state index is 12.7. The number of ether oxygens (including phenoxy) is 1. The molecular weight excluding hydrogens is 365 g/mol. The van der Waals surface area contributed by atoms with Crippen molar-refractivity contribution in [3.05, 3.63) is 23.4 Å². The number of unbranched alkanes of at least 4 members (excludes halogenated alkanes) is 2. The van der Waals surface area contributed by atoms with Gasteiger partial charge >= 0.3 is 6.36 Å². The summed E-state index contributed by atoms with van der Waals surface area (Å²) in [6.07, 6.45) is 2.16. The number of hydrogen-bond acceptors (Lipinski definition) is 3. The third kappa shape index (κ3) is 8.80. The van der Waals surface area contributed by atoms with Crippen LogP contribution in [0.1, 0.15) is 96.2 Å². The number of likely N-dealkylation sites (tertiary alicyclic amines) is 1. The average molecular weight is 403 g/mol. The lowest BCUT2D eigenvalue weighted by molar-refractivity contribution is -0.276. The molecule has 6 heteroatoms. The first-order valence-corrected chi connectivity index (χ1v) is 10.7. The van der Waals surface area contributed by atoms with Crippen LogP contribution < -0.4 is 4.74 Å². The zero-order chi connectivity index (χ0) is 21.2. The number of piperidine rings is 1. The molecule has 3 nitrogen and oxygen atoms in total. The molecule has 0 amide bonds. The number of aromatic nitrogens is 1. The molecule has 1 aromatic heterocycles. The number of alkyl halides is 3. The number of pyridine rings is 1. The van der Waals surface area contributed by atoms with Gasteiger partial charge in [-0.3, -0.25) is 0 Å². The Kier molecular flexibility index (Phi) is 10.9. The molecule has 2 rings (SSSR count). The molecule has 1 saturated heterocycles. The van der Waals surface area contributed by atoms with Crippen LogP contribution in [0.5, 0.6) is 5.88 Å². The van der Waals surface area contributed by atoms with Gasteiger partial charge in [0, 0.05) is 17.2 Å². The van der Waals surface area contributed by atoms with Crippen molar-refractivity contribution in [3.8, 4) is 5.88 Å². The molecule has 2 heterocycles. The predicted octanol–water partition coefficient (Wildman–Crippen LogP) is 6.89. The molecule has 0 atom stereocenters. The Morgan fingerprint density at radius 3 is 2.14 bits per heavy atom. The molecule has 1 aromatic rings. The Balaban J connectivity index is 0.000000892. The van der Waals surface area contributed by atoms with E-state index in [1.165, 1.54) is 25.7 Å². The minimum absolute atomic E-state index is 0.0696. The van der Waals surface area contributed by atoms with E-state index >= 15 is 0 Å². The van der Waals surface area contributed by atoms with Gasteiger partial charge in [-0.1, -0.05) is 59.9 Å². The SMILES string of the molecule is CCCC.CCCCN1CCC(c2ccc(C(C)C)c(OC(F)(F)F)n2)CC1. The summed E-state index contributed by atoms with van der Waals surface area (Å²) in [6, 6.07) is 3.60. The van der Waals surface area contributed by atoms with Crippen molar-refractivity contribution < 1.29 is 17.9 Å². The quantitative estimate of drug-likeness (QED) is 0.496. The van der Waals surface area contributed by atoms with Crippen LogP contribution in [0, 0.1) is 0 Å². The fraction of sp³-hybridized carbons (Fsp3) is 0.773. The predicted molar refractivity (Wildman–Crippen MR) is 109 cm³/mol. The van der Waals surface area contributed by atoms with Gasteiger partial charge in [-0.2, -0.15) is 0 Å². The molecule has 0 aromatic carbocycles. The van der Waals surface area contributed by atoms with E-state index in [9.17, 15) is 13.2 Å². The summed E-state index contributed by atoms with van der Waals surface area (Å²) in [6.45, 7) is 13.3. The molecule has 0 N–H and O–H groups in total. The van der Waals surface area contributed by atoms with Gasteiger partial charge in [0.2, 0.25) is 5.88 Å². The van der Waals surface area contributed by atoms with Gasteiger partial charge < -0.3 is 9.64 Å². The van der Waals surface area contributed by atoms with Crippen molar-refractivity contribution in [2.24, 2.45) is 0 Å². The van der Waals surface area contributed by atoms with E-state index in [0.29, 0.717) is 11.3 Å². The first kappa shape index (κ1) is 24.7. The molecule has 28 heavy (non-hydrogen) atoms. The Morgan fingerprint density at radius 1 is 1.07 bits per heavy atom. The molecule has 0 saturated carbocycles. The fourth-order valence-electron chi connectivity index (χ4n) is 3.16. The number of nitrogens with zero attached hydrogens (tertiary/aromatic N) is 2. The van der Waals surface area contributed by atoms with Crippen molar-refractivity contribution >= 4 is 0 Å². The molecular formula is C22H37F3N2O. The van der Waals surface area contributed by atoms with E-state index in [1.807, 2.05) is 19.9 Å². The lowest BCUT2D eigenvalue weighted by Crippen LogP contribution is -2.34. The highest BCUT2D eigenvalue weighted by molar-refractivity contribution is 5.32. The third-order valence-electron chi connectivity index (χ3n) is 5.08. The summed E-state index contributed by atoms with van der Waals surface area (Å²) in [5, 5.41) is 0. The molecule has 162 valence electrons. The lowest BCUT2D eigenvalue weighted by Gasteiger charge is -2.31. The second-order valence-corrected chi connectivity index (χ2v) is 7.80. The van der Waals surface area contributed by atoms with Crippen LogP contribution in [0.3, 0.4) is 0 Å². The number of rotatable bonds is 7. The van der Waals surface area contributed by atoms with Crippen molar-refractivity contribution in [1.82, 2.24) is 9.88 Å². The maximum Gasteiger partial charge on any atom is 0.574 e. The van der Waals surface area contributed by atoms with E-state index in [1.54, 1.807) is 6.07 Å². The molecule has 0 bridgehead atoms. The molecule has 1 aliphatic rings. The van der Waals surface area contributed by atoms with Crippen molar-refractivity contribution in [3.63, 3.8) is 0 Å². The molecule has 0 spiro atoms. The van der Waals surface area contributed by atoms with Crippen LogP contribution in [0.2, 0.25) is 0 Å². The lowest BCUT2D eigenvalue weighted by atomic mass is 9.92. The van der Waals surface area contributed by atoms with Crippen LogP contribution in [-0.2, 0) is 0 Å². The van der Waals surface area contributed by atoms with Crippen LogP contribution >= 0.6 is 0 Å². The summed E-state index contributed by atoms with van der Waals surface area (Å²) in [5.41, 5.74) is 1.21. The van der Waals surface area contributed by atoms with Gasteiger partial charge in [-0.05, 0) is 50.9 Å². The number of hydrogen-bond donors (Lipinski definition) is 0. The van der Waals surface area contributed by atoms with Crippen LogP contribution in [0.15, 0.2) is 12.1 Å². The molecule has 0 unspecified atom stereocenters. The van der Waals surface area contributed by atoms with Gasteiger partial charge in [0.1, 0.15) is 0 Å². The smallest absolute Gasteiger partial charge is 0.388 e. The van der Waals surface area contributed by atoms with Crippen LogP contribution in [-0.4, -0.2) is 35.9 Å².